The maximum atomic E-state index is 13.1. The van der Waals surface area contributed by atoms with E-state index in [0.717, 1.165) is 102 Å². The summed E-state index contributed by atoms with van der Waals surface area (Å²) in [6.07, 6.45) is 64.1. The van der Waals surface area contributed by atoms with Crippen molar-refractivity contribution in [2.75, 3.05) is 39.6 Å². The van der Waals surface area contributed by atoms with Gasteiger partial charge in [0.25, 0.3) is 0 Å². The van der Waals surface area contributed by atoms with Crippen molar-refractivity contribution in [3.8, 4) is 0 Å². The molecule has 0 aromatic heterocycles. The third-order valence-corrected chi connectivity index (χ3v) is 20.7. The van der Waals surface area contributed by atoms with E-state index in [1.54, 1.807) is 0 Å². The standard InChI is InChI=1S/C80H156O17P2/c1-6-9-12-15-18-21-23-24-25-26-27-28-29-30-31-36-39-42-46-51-56-61-66-80(85)97-76(70-91-78(83)64-59-54-49-45-41-38-35-33-32-34-37-40-43-47-52-57-62-73(4)5)72-95-99(88,89)93-68-74(81)67-92-98(86,87)94-71-75(69-90-77(82)63-58-53-48-20-17-14-11-8-3)96-79(84)65-60-55-50-44-22-19-16-13-10-7-2/h73-76,81H,6-72H2,1-5H3,(H,86,87)(H,88,89)/t74-,75+,76+/m0/s1. The topological polar surface area (TPSA) is 237 Å². The lowest BCUT2D eigenvalue weighted by molar-refractivity contribution is -0.161. The summed E-state index contributed by atoms with van der Waals surface area (Å²) >= 11 is 0. The molecule has 0 saturated carbocycles. The zero-order valence-electron chi connectivity index (χ0n) is 64.6. The monoisotopic (exact) mass is 1450 g/mol. The van der Waals surface area contributed by atoms with E-state index in [1.165, 1.54) is 244 Å². The first kappa shape index (κ1) is 97.1. The van der Waals surface area contributed by atoms with Crippen LogP contribution in [0.5, 0.6) is 0 Å². The Morgan fingerprint density at radius 2 is 0.465 bits per heavy atom. The molecule has 0 aliphatic rings. The fourth-order valence-electron chi connectivity index (χ4n) is 12.4. The SMILES string of the molecule is CCCCCCCCCCCCCCCCCCCCCCCCC(=O)O[C@H](COC(=O)CCCCCCCCCCCCCCCCCCC(C)C)COP(=O)(O)OC[C@@H](O)COP(=O)(O)OC[C@@H](COC(=O)CCCCCCCCCC)OC(=O)CCCCCCCCCCCC. The van der Waals surface area contributed by atoms with Crippen molar-refractivity contribution in [3.05, 3.63) is 0 Å². The highest BCUT2D eigenvalue weighted by atomic mass is 31.2. The molecule has 0 saturated heterocycles. The molecule has 0 fully saturated rings. The van der Waals surface area contributed by atoms with Crippen LogP contribution in [-0.2, 0) is 65.4 Å². The summed E-state index contributed by atoms with van der Waals surface area (Å²) in [5.41, 5.74) is 0. The Labute approximate surface area is 607 Å². The summed E-state index contributed by atoms with van der Waals surface area (Å²) in [6.45, 7) is 7.31. The van der Waals surface area contributed by atoms with E-state index in [9.17, 15) is 43.2 Å². The van der Waals surface area contributed by atoms with E-state index >= 15 is 0 Å². The summed E-state index contributed by atoms with van der Waals surface area (Å²) in [5, 5.41) is 10.6. The first-order chi connectivity index (χ1) is 48.0. The molecule has 0 aliphatic heterocycles. The van der Waals surface area contributed by atoms with Gasteiger partial charge in [-0.25, -0.2) is 9.13 Å². The number of aliphatic hydroxyl groups excluding tert-OH is 1. The molecule has 0 amide bonds. The van der Waals surface area contributed by atoms with Crippen LogP contribution in [-0.4, -0.2) is 96.7 Å². The van der Waals surface area contributed by atoms with Crippen molar-refractivity contribution >= 4 is 39.5 Å². The van der Waals surface area contributed by atoms with E-state index in [4.69, 9.17) is 37.0 Å². The van der Waals surface area contributed by atoms with Gasteiger partial charge in [-0.05, 0) is 31.6 Å². The molecule has 5 atom stereocenters. The Balaban J connectivity index is 5.15. The Hall–Kier alpha value is -1.94. The molecule has 0 rings (SSSR count). The first-order valence-electron chi connectivity index (χ1n) is 41.6. The molecule has 99 heavy (non-hydrogen) atoms. The summed E-state index contributed by atoms with van der Waals surface area (Å²) in [5.74, 6) is -1.30. The summed E-state index contributed by atoms with van der Waals surface area (Å²) < 4.78 is 68.5. The highest BCUT2D eigenvalue weighted by Crippen LogP contribution is 2.45. The average molecular weight is 1450 g/mol. The molecule has 0 heterocycles. The van der Waals surface area contributed by atoms with Gasteiger partial charge in [0.1, 0.15) is 19.3 Å². The molecular formula is C80H156O17P2. The van der Waals surface area contributed by atoms with E-state index in [1.807, 2.05) is 0 Å². The highest BCUT2D eigenvalue weighted by molar-refractivity contribution is 7.47. The van der Waals surface area contributed by atoms with Gasteiger partial charge >= 0.3 is 39.5 Å². The summed E-state index contributed by atoms with van der Waals surface area (Å²) in [7, 11) is -9.91. The zero-order valence-corrected chi connectivity index (χ0v) is 66.4. The predicted molar refractivity (Wildman–Crippen MR) is 405 cm³/mol. The van der Waals surface area contributed by atoms with Gasteiger partial charge in [-0.2, -0.15) is 0 Å². The molecule has 3 N–H and O–H groups in total. The van der Waals surface area contributed by atoms with Crippen molar-refractivity contribution in [2.24, 2.45) is 5.92 Å². The lowest BCUT2D eigenvalue weighted by Gasteiger charge is -2.21. The van der Waals surface area contributed by atoms with Crippen molar-refractivity contribution in [1.29, 1.82) is 0 Å². The van der Waals surface area contributed by atoms with Crippen LogP contribution in [0, 0.1) is 5.92 Å². The smallest absolute Gasteiger partial charge is 0.462 e. The number of unbranched alkanes of at least 4 members (excludes halogenated alkanes) is 52. The lowest BCUT2D eigenvalue weighted by Crippen LogP contribution is -2.30. The van der Waals surface area contributed by atoms with Gasteiger partial charge in [-0.1, -0.05) is 375 Å². The number of carbonyl (C=O) groups excluding carboxylic acids is 4. The number of phosphoric acid groups is 2. The van der Waals surface area contributed by atoms with Crippen LogP contribution in [0.3, 0.4) is 0 Å². The number of hydrogen-bond donors (Lipinski definition) is 3. The molecule has 0 bridgehead atoms. The van der Waals surface area contributed by atoms with Crippen LogP contribution in [0.15, 0.2) is 0 Å². The van der Waals surface area contributed by atoms with E-state index < -0.39 is 97.5 Å². The Morgan fingerprint density at radius 1 is 0.273 bits per heavy atom. The Kier molecular flexibility index (Phi) is 71.6. The minimum Gasteiger partial charge on any atom is -0.462 e. The van der Waals surface area contributed by atoms with Gasteiger partial charge in [-0.3, -0.25) is 37.3 Å². The summed E-state index contributed by atoms with van der Waals surface area (Å²) in [6, 6.07) is 0. The third kappa shape index (κ3) is 74.1. The number of carbonyl (C=O) groups is 4. The summed E-state index contributed by atoms with van der Waals surface area (Å²) in [4.78, 5) is 72.8. The fourth-order valence-corrected chi connectivity index (χ4v) is 14.0. The number of rotatable bonds is 80. The van der Waals surface area contributed by atoms with Crippen molar-refractivity contribution < 1.29 is 80.2 Å². The molecule has 19 heteroatoms. The number of hydrogen-bond acceptors (Lipinski definition) is 15. The molecule has 0 spiro atoms. The second-order valence-corrected chi connectivity index (χ2v) is 32.2. The van der Waals surface area contributed by atoms with Crippen LogP contribution >= 0.6 is 15.6 Å². The Morgan fingerprint density at radius 3 is 0.687 bits per heavy atom. The molecule has 0 aromatic rings. The number of esters is 4. The average Bonchev–Trinajstić information content (AvgIpc) is 0.964. The van der Waals surface area contributed by atoms with Crippen LogP contribution in [0.1, 0.15) is 426 Å². The van der Waals surface area contributed by atoms with Crippen molar-refractivity contribution in [2.45, 2.75) is 445 Å². The van der Waals surface area contributed by atoms with E-state index in [0.29, 0.717) is 25.7 Å². The van der Waals surface area contributed by atoms with Crippen LogP contribution < -0.4 is 0 Å². The molecule has 0 aliphatic carbocycles. The van der Waals surface area contributed by atoms with Crippen LogP contribution in [0.4, 0.5) is 0 Å². The van der Waals surface area contributed by atoms with Crippen LogP contribution in [0.25, 0.3) is 0 Å². The minimum atomic E-state index is -4.96. The maximum Gasteiger partial charge on any atom is 0.472 e. The molecule has 588 valence electrons. The van der Waals surface area contributed by atoms with Crippen molar-refractivity contribution in [1.82, 2.24) is 0 Å². The van der Waals surface area contributed by atoms with Gasteiger partial charge in [0.05, 0.1) is 26.4 Å². The molecular weight excluding hydrogens is 1290 g/mol. The van der Waals surface area contributed by atoms with Gasteiger partial charge in [0.15, 0.2) is 12.2 Å². The second-order valence-electron chi connectivity index (χ2n) is 29.3. The van der Waals surface area contributed by atoms with Crippen LogP contribution in [0.2, 0.25) is 0 Å². The van der Waals surface area contributed by atoms with Gasteiger partial charge in [0, 0.05) is 25.7 Å². The predicted octanol–water partition coefficient (Wildman–Crippen LogP) is 24.0. The van der Waals surface area contributed by atoms with Crippen molar-refractivity contribution in [3.63, 3.8) is 0 Å². The van der Waals surface area contributed by atoms with Gasteiger partial charge in [0.2, 0.25) is 0 Å². The van der Waals surface area contributed by atoms with E-state index in [2.05, 4.69) is 34.6 Å². The number of aliphatic hydroxyl groups is 1. The molecule has 17 nitrogen and oxygen atoms in total. The number of ether oxygens (including phenoxy) is 4. The highest BCUT2D eigenvalue weighted by Gasteiger charge is 2.30. The number of phosphoric ester groups is 2. The quantitative estimate of drug-likeness (QED) is 0.0222. The third-order valence-electron chi connectivity index (χ3n) is 18.8. The largest absolute Gasteiger partial charge is 0.472 e. The second kappa shape index (κ2) is 73.0. The fraction of sp³-hybridized carbons (Fsp3) is 0.950. The minimum absolute atomic E-state index is 0.107. The zero-order chi connectivity index (χ0) is 72.7. The molecule has 0 aromatic carbocycles. The van der Waals surface area contributed by atoms with Gasteiger partial charge in [-0.15, -0.1) is 0 Å². The lowest BCUT2D eigenvalue weighted by atomic mass is 10.0. The molecule has 0 radical (unpaired) electrons. The van der Waals surface area contributed by atoms with E-state index in [-0.39, 0.29) is 25.7 Å². The normalized spacial score (nSPS) is 13.9. The maximum absolute atomic E-state index is 13.1. The van der Waals surface area contributed by atoms with Gasteiger partial charge < -0.3 is 33.8 Å². The molecule has 2 unspecified atom stereocenters. The Bertz CT molecular complexity index is 1890. The first-order valence-corrected chi connectivity index (χ1v) is 44.6.